The summed E-state index contributed by atoms with van der Waals surface area (Å²) in [6.07, 6.45) is 4.40. The van der Waals surface area contributed by atoms with Crippen LogP contribution in [0.4, 0.5) is 0 Å². The third kappa shape index (κ3) is 4.36. The van der Waals surface area contributed by atoms with Crippen molar-refractivity contribution in [2.75, 3.05) is 13.7 Å². The molecule has 1 aliphatic heterocycles. The molecule has 2 atom stereocenters. The third-order valence-electron chi connectivity index (χ3n) is 3.77. The van der Waals surface area contributed by atoms with Crippen molar-refractivity contribution in [3.8, 4) is 11.5 Å². The number of hydrogen-bond donors (Lipinski definition) is 2. The highest BCUT2D eigenvalue weighted by atomic mass is 16.5. The Bertz CT molecular complexity index is 483. The maximum Gasteiger partial charge on any atom is 0.255 e. The summed E-state index contributed by atoms with van der Waals surface area (Å²) in [7, 11) is 1.52. The predicted molar refractivity (Wildman–Crippen MR) is 79.8 cm³/mol. The van der Waals surface area contributed by atoms with E-state index in [-0.39, 0.29) is 23.3 Å². The van der Waals surface area contributed by atoms with Crippen molar-refractivity contribution in [1.29, 1.82) is 0 Å². The van der Waals surface area contributed by atoms with Crippen molar-refractivity contribution in [2.45, 2.75) is 44.8 Å². The minimum atomic E-state index is -0.269. The van der Waals surface area contributed by atoms with Crippen LogP contribution in [0.15, 0.2) is 18.2 Å². The van der Waals surface area contributed by atoms with Crippen LogP contribution in [0.1, 0.15) is 43.0 Å². The second kappa shape index (κ2) is 7.31. The molecule has 1 fully saturated rings. The molecule has 0 saturated carbocycles. The molecule has 5 nitrogen and oxygen atoms in total. The zero-order chi connectivity index (χ0) is 15.2. The summed E-state index contributed by atoms with van der Waals surface area (Å²) in [5.41, 5.74) is 0.264. The Morgan fingerprint density at radius 1 is 1.57 bits per heavy atom. The molecule has 0 spiro atoms. The standard InChI is InChI=1S/C16H23NO4/c1-11(5-6-12-4-3-9-21-12)17-16(19)14-8-7-13(20-2)10-15(14)18/h7-8,10-12,18H,3-6,9H2,1-2H3,(H,17,19)/t11-,12+/m1/s1. The van der Waals surface area contributed by atoms with Crippen molar-refractivity contribution in [1.82, 2.24) is 5.32 Å². The Balaban J connectivity index is 1.85. The first-order chi connectivity index (χ1) is 10.1. The molecule has 0 bridgehead atoms. The molecular weight excluding hydrogens is 270 g/mol. The molecule has 1 aromatic rings. The highest BCUT2D eigenvalue weighted by Crippen LogP contribution is 2.23. The van der Waals surface area contributed by atoms with Crippen LogP contribution in [0, 0.1) is 0 Å². The number of benzene rings is 1. The van der Waals surface area contributed by atoms with Crippen LogP contribution in [-0.2, 0) is 4.74 Å². The summed E-state index contributed by atoms with van der Waals surface area (Å²) in [6, 6.07) is 4.71. The van der Waals surface area contributed by atoms with E-state index in [2.05, 4.69) is 5.32 Å². The first-order valence-corrected chi connectivity index (χ1v) is 7.39. The first kappa shape index (κ1) is 15.6. The number of hydrogen-bond acceptors (Lipinski definition) is 4. The molecule has 1 amide bonds. The zero-order valence-electron chi connectivity index (χ0n) is 12.6. The van der Waals surface area contributed by atoms with E-state index in [4.69, 9.17) is 9.47 Å². The fourth-order valence-corrected chi connectivity index (χ4v) is 2.51. The van der Waals surface area contributed by atoms with Crippen molar-refractivity contribution in [3.63, 3.8) is 0 Å². The van der Waals surface area contributed by atoms with Gasteiger partial charge in [-0.2, -0.15) is 0 Å². The van der Waals surface area contributed by atoms with Crippen LogP contribution in [0.25, 0.3) is 0 Å². The summed E-state index contributed by atoms with van der Waals surface area (Å²) in [6.45, 7) is 2.82. The lowest BCUT2D eigenvalue weighted by molar-refractivity contribution is 0.0897. The van der Waals surface area contributed by atoms with Gasteiger partial charge in [0.15, 0.2) is 0 Å². The first-order valence-electron chi connectivity index (χ1n) is 7.39. The van der Waals surface area contributed by atoms with Gasteiger partial charge in [0.2, 0.25) is 0 Å². The average Bonchev–Trinajstić information content (AvgIpc) is 2.98. The quantitative estimate of drug-likeness (QED) is 0.845. The van der Waals surface area contributed by atoms with Gasteiger partial charge in [0.05, 0.1) is 18.8 Å². The number of carbonyl (C=O) groups is 1. The Kier molecular flexibility index (Phi) is 5.44. The number of rotatable bonds is 6. The lowest BCUT2D eigenvalue weighted by Crippen LogP contribution is -2.33. The van der Waals surface area contributed by atoms with E-state index in [0.29, 0.717) is 11.9 Å². The lowest BCUT2D eigenvalue weighted by atomic mass is 10.1. The molecule has 5 heteroatoms. The highest BCUT2D eigenvalue weighted by molar-refractivity contribution is 5.97. The summed E-state index contributed by atoms with van der Waals surface area (Å²) in [5.74, 6) is 0.184. The van der Waals surface area contributed by atoms with Crippen LogP contribution in [0.2, 0.25) is 0 Å². The Morgan fingerprint density at radius 2 is 2.38 bits per heavy atom. The van der Waals surface area contributed by atoms with E-state index in [1.165, 1.54) is 13.2 Å². The largest absolute Gasteiger partial charge is 0.507 e. The molecule has 21 heavy (non-hydrogen) atoms. The molecular formula is C16H23NO4. The second-order valence-electron chi connectivity index (χ2n) is 5.47. The number of amides is 1. The molecule has 1 saturated heterocycles. The zero-order valence-corrected chi connectivity index (χ0v) is 12.6. The summed E-state index contributed by atoms with van der Waals surface area (Å²) in [5, 5.41) is 12.8. The monoisotopic (exact) mass is 293 g/mol. The number of phenolic OH excluding ortho intramolecular Hbond substituents is 1. The Labute approximate surface area is 125 Å². The molecule has 116 valence electrons. The van der Waals surface area contributed by atoms with Crippen LogP contribution < -0.4 is 10.1 Å². The van der Waals surface area contributed by atoms with Crippen LogP contribution in [0.3, 0.4) is 0 Å². The smallest absolute Gasteiger partial charge is 0.255 e. The van der Waals surface area contributed by atoms with Gasteiger partial charge in [-0.3, -0.25) is 4.79 Å². The maximum absolute atomic E-state index is 12.1. The molecule has 2 rings (SSSR count). The van der Waals surface area contributed by atoms with E-state index in [9.17, 15) is 9.90 Å². The number of ether oxygens (including phenoxy) is 2. The Hall–Kier alpha value is -1.75. The van der Waals surface area contributed by atoms with Gasteiger partial charge in [-0.05, 0) is 44.7 Å². The number of phenols is 1. The lowest BCUT2D eigenvalue weighted by Gasteiger charge is -2.16. The van der Waals surface area contributed by atoms with E-state index < -0.39 is 0 Å². The SMILES string of the molecule is COc1ccc(C(=O)N[C@H](C)CC[C@@H]2CCCO2)c(O)c1. The third-order valence-corrected chi connectivity index (χ3v) is 3.77. The molecule has 1 aliphatic rings. The van der Waals surface area contributed by atoms with Gasteiger partial charge in [-0.25, -0.2) is 0 Å². The minimum Gasteiger partial charge on any atom is -0.507 e. The number of aromatic hydroxyl groups is 1. The maximum atomic E-state index is 12.1. The molecule has 0 aliphatic carbocycles. The minimum absolute atomic E-state index is 0.0446. The molecule has 0 aromatic heterocycles. The highest BCUT2D eigenvalue weighted by Gasteiger charge is 2.18. The second-order valence-corrected chi connectivity index (χ2v) is 5.47. The molecule has 1 heterocycles. The van der Waals surface area contributed by atoms with Gasteiger partial charge in [-0.1, -0.05) is 0 Å². The Morgan fingerprint density at radius 3 is 3.00 bits per heavy atom. The topological polar surface area (TPSA) is 67.8 Å². The van der Waals surface area contributed by atoms with Crippen molar-refractivity contribution >= 4 is 5.91 Å². The van der Waals surface area contributed by atoms with Crippen molar-refractivity contribution in [3.05, 3.63) is 23.8 Å². The van der Waals surface area contributed by atoms with E-state index in [1.54, 1.807) is 12.1 Å². The number of nitrogens with one attached hydrogen (secondary N) is 1. The van der Waals surface area contributed by atoms with Gasteiger partial charge in [0.25, 0.3) is 5.91 Å². The van der Waals surface area contributed by atoms with Gasteiger partial charge < -0.3 is 19.9 Å². The van der Waals surface area contributed by atoms with Crippen molar-refractivity contribution < 1.29 is 19.4 Å². The fourth-order valence-electron chi connectivity index (χ4n) is 2.51. The van der Waals surface area contributed by atoms with E-state index >= 15 is 0 Å². The van der Waals surface area contributed by atoms with E-state index in [0.717, 1.165) is 32.3 Å². The predicted octanol–water partition coefficient (Wildman–Crippen LogP) is 2.48. The van der Waals surface area contributed by atoms with Crippen molar-refractivity contribution in [2.24, 2.45) is 0 Å². The van der Waals surface area contributed by atoms with Gasteiger partial charge in [0.1, 0.15) is 11.5 Å². The molecule has 0 radical (unpaired) electrons. The van der Waals surface area contributed by atoms with Gasteiger partial charge in [0, 0.05) is 18.7 Å². The average molecular weight is 293 g/mol. The number of methoxy groups -OCH3 is 1. The molecule has 0 unspecified atom stereocenters. The molecule has 2 N–H and O–H groups in total. The number of carbonyl (C=O) groups excluding carboxylic acids is 1. The summed E-state index contributed by atoms with van der Waals surface area (Å²) >= 11 is 0. The normalized spacial score (nSPS) is 19.2. The van der Waals surface area contributed by atoms with Gasteiger partial charge in [-0.15, -0.1) is 0 Å². The summed E-state index contributed by atoms with van der Waals surface area (Å²) < 4.78 is 10.6. The van der Waals surface area contributed by atoms with Crippen LogP contribution >= 0.6 is 0 Å². The fraction of sp³-hybridized carbons (Fsp3) is 0.562. The van der Waals surface area contributed by atoms with Crippen LogP contribution in [-0.4, -0.2) is 36.9 Å². The van der Waals surface area contributed by atoms with Gasteiger partial charge >= 0.3 is 0 Å². The summed E-state index contributed by atoms with van der Waals surface area (Å²) in [4.78, 5) is 12.1. The molecule has 1 aromatic carbocycles. The van der Waals surface area contributed by atoms with E-state index in [1.807, 2.05) is 6.92 Å². The van der Waals surface area contributed by atoms with Crippen LogP contribution in [0.5, 0.6) is 11.5 Å².